The largest absolute Gasteiger partial charge is 0.451 e. The lowest BCUT2D eigenvalue weighted by Crippen LogP contribution is -2.42. The molecule has 3 rings (SSSR count). The molecule has 134 valence electrons. The monoisotopic (exact) mass is 392 g/mol. The zero-order valence-corrected chi connectivity index (χ0v) is 15.2. The molecule has 0 radical (unpaired) electrons. The molecule has 0 saturated heterocycles. The quantitative estimate of drug-likeness (QED) is 0.518. The number of benzene rings is 2. The van der Waals surface area contributed by atoms with Crippen molar-refractivity contribution in [3.05, 3.63) is 64.6 Å². The number of carbonyl (C=O) groups is 2. The molecule has 1 aromatic heterocycles. The highest BCUT2D eigenvalue weighted by Gasteiger charge is 2.18. The van der Waals surface area contributed by atoms with Gasteiger partial charge in [0.25, 0.3) is 0 Å². The van der Waals surface area contributed by atoms with Crippen molar-refractivity contribution >= 4 is 46.1 Å². The summed E-state index contributed by atoms with van der Waals surface area (Å²) in [6.45, 7) is 1.73. The van der Waals surface area contributed by atoms with Gasteiger partial charge in [-0.05, 0) is 37.3 Å². The van der Waals surface area contributed by atoms with Crippen LogP contribution in [0.25, 0.3) is 11.0 Å². The minimum Gasteiger partial charge on any atom is -0.451 e. The summed E-state index contributed by atoms with van der Waals surface area (Å²) in [6, 6.07) is 11.2. The third-order valence-electron chi connectivity index (χ3n) is 3.62. The van der Waals surface area contributed by atoms with Crippen LogP contribution in [0.5, 0.6) is 0 Å². The minimum atomic E-state index is -0.584. The Bertz CT molecular complexity index is 990. The van der Waals surface area contributed by atoms with Gasteiger partial charge in [-0.3, -0.25) is 20.4 Å². The van der Waals surface area contributed by atoms with Crippen LogP contribution < -0.4 is 10.9 Å². The Kier molecular flexibility index (Phi) is 5.49. The van der Waals surface area contributed by atoms with E-state index in [9.17, 15) is 14.0 Å². The number of aryl methyl sites for hydroxylation is 1. The van der Waals surface area contributed by atoms with Gasteiger partial charge < -0.3 is 4.42 Å². The Balaban J connectivity index is 1.59. The summed E-state index contributed by atoms with van der Waals surface area (Å²) in [4.78, 5) is 24.4. The zero-order chi connectivity index (χ0) is 18.7. The Morgan fingerprint density at radius 2 is 1.96 bits per heavy atom. The normalized spacial score (nSPS) is 10.7. The number of fused-ring (bicyclic) bond motifs is 1. The van der Waals surface area contributed by atoms with Gasteiger partial charge in [0.2, 0.25) is 5.91 Å². The van der Waals surface area contributed by atoms with Crippen LogP contribution in [0.2, 0.25) is 5.02 Å². The Labute approximate surface area is 157 Å². The number of carbonyl (C=O) groups excluding carboxylic acids is 2. The van der Waals surface area contributed by atoms with Crippen LogP contribution >= 0.6 is 23.4 Å². The minimum absolute atomic E-state index is 0.0457. The van der Waals surface area contributed by atoms with E-state index in [1.165, 1.54) is 6.07 Å². The topological polar surface area (TPSA) is 71.3 Å². The molecule has 0 unspecified atom stereocenters. The van der Waals surface area contributed by atoms with E-state index in [0.29, 0.717) is 21.1 Å². The molecule has 2 amide bonds. The number of thioether (sulfide) groups is 1. The molecule has 0 spiro atoms. The molecule has 0 aliphatic carbocycles. The summed E-state index contributed by atoms with van der Waals surface area (Å²) in [5, 5.41) is 1.26. The van der Waals surface area contributed by atoms with E-state index >= 15 is 0 Å². The highest BCUT2D eigenvalue weighted by atomic mass is 35.5. The van der Waals surface area contributed by atoms with Crippen molar-refractivity contribution in [3.63, 3.8) is 0 Å². The maximum Gasteiger partial charge on any atom is 0.305 e. The first-order valence-electron chi connectivity index (χ1n) is 7.61. The summed E-state index contributed by atoms with van der Waals surface area (Å²) in [6.07, 6.45) is 0. The molecule has 2 aromatic carbocycles. The third kappa shape index (κ3) is 4.00. The van der Waals surface area contributed by atoms with Crippen LogP contribution in [0.15, 0.2) is 51.8 Å². The molecule has 0 saturated carbocycles. The number of hydrogen-bond acceptors (Lipinski definition) is 4. The van der Waals surface area contributed by atoms with Crippen LogP contribution in [0.3, 0.4) is 0 Å². The first-order valence-corrected chi connectivity index (χ1v) is 8.97. The van der Waals surface area contributed by atoms with Gasteiger partial charge in [-0.2, -0.15) is 0 Å². The Hall–Kier alpha value is -2.51. The van der Waals surface area contributed by atoms with Crippen LogP contribution in [0, 0.1) is 12.7 Å². The predicted octanol–water partition coefficient (Wildman–Crippen LogP) is 4.09. The van der Waals surface area contributed by atoms with Gasteiger partial charge in [0, 0.05) is 20.9 Å². The van der Waals surface area contributed by atoms with E-state index in [4.69, 9.17) is 16.0 Å². The van der Waals surface area contributed by atoms with Crippen LogP contribution in [0.1, 0.15) is 16.1 Å². The van der Waals surface area contributed by atoms with Crippen molar-refractivity contribution in [3.8, 4) is 0 Å². The summed E-state index contributed by atoms with van der Waals surface area (Å²) in [7, 11) is 0. The van der Waals surface area contributed by atoms with Crippen molar-refractivity contribution in [1.29, 1.82) is 0 Å². The fourth-order valence-corrected chi connectivity index (χ4v) is 3.25. The molecular formula is C18H14ClFN2O3S. The van der Waals surface area contributed by atoms with E-state index in [2.05, 4.69) is 10.9 Å². The second-order valence-corrected chi connectivity index (χ2v) is 6.87. The van der Waals surface area contributed by atoms with Crippen molar-refractivity contribution in [2.24, 2.45) is 0 Å². The molecular weight excluding hydrogens is 379 g/mol. The molecule has 8 heteroatoms. The van der Waals surface area contributed by atoms with Gasteiger partial charge in [-0.15, -0.1) is 11.8 Å². The number of hydrazine groups is 1. The van der Waals surface area contributed by atoms with E-state index in [1.807, 2.05) is 0 Å². The van der Waals surface area contributed by atoms with Crippen molar-refractivity contribution in [1.82, 2.24) is 10.9 Å². The number of hydrogen-bond donors (Lipinski definition) is 2. The van der Waals surface area contributed by atoms with Crippen molar-refractivity contribution in [2.75, 3.05) is 5.75 Å². The maximum atomic E-state index is 13.5. The number of rotatable bonds is 4. The number of nitrogens with one attached hydrogen (secondary N) is 2. The van der Waals surface area contributed by atoms with E-state index in [0.717, 1.165) is 17.1 Å². The Morgan fingerprint density at radius 1 is 1.19 bits per heavy atom. The number of halogens is 2. The first kappa shape index (κ1) is 18.3. The second-order valence-electron chi connectivity index (χ2n) is 5.42. The summed E-state index contributed by atoms with van der Waals surface area (Å²) in [5.74, 6) is -1.41. The lowest BCUT2D eigenvalue weighted by Gasteiger charge is -2.06. The van der Waals surface area contributed by atoms with Crippen molar-refractivity contribution < 1.29 is 18.4 Å². The molecule has 5 nitrogen and oxygen atoms in total. The Morgan fingerprint density at radius 3 is 2.73 bits per heavy atom. The van der Waals surface area contributed by atoms with Crippen molar-refractivity contribution in [2.45, 2.75) is 11.8 Å². The summed E-state index contributed by atoms with van der Waals surface area (Å²) in [5.41, 5.74) is 5.73. The summed E-state index contributed by atoms with van der Waals surface area (Å²) >= 11 is 6.99. The highest BCUT2D eigenvalue weighted by Crippen LogP contribution is 2.27. The molecule has 0 fully saturated rings. The van der Waals surface area contributed by atoms with Gasteiger partial charge >= 0.3 is 5.91 Å². The molecule has 0 aliphatic heterocycles. The molecule has 1 heterocycles. The molecule has 3 aromatic rings. The average molecular weight is 393 g/mol. The fraction of sp³-hybridized carbons (Fsp3) is 0.111. The van der Waals surface area contributed by atoms with Gasteiger partial charge in [0.1, 0.15) is 11.4 Å². The standard InChI is InChI=1S/C18H14ClFN2O3S/c1-10-12-8-11(19)6-7-14(12)25-17(10)18(24)22-21-16(23)9-26-15-5-3-2-4-13(15)20/h2-8H,9H2,1H3,(H,21,23)(H,22,24). The summed E-state index contributed by atoms with van der Waals surface area (Å²) < 4.78 is 19.0. The smallest absolute Gasteiger partial charge is 0.305 e. The number of amides is 2. The van der Waals surface area contributed by atoms with Gasteiger partial charge in [0.15, 0.2) is 5.76 Å². The highest BCUT2D eigenvalue weighted by molar-refractivity contribution is 8.00. The van der Waals surface area contributed by atoms with Gasteiger partial charge in [-0.25, -0.2) is 4.39 Å². The molecule has 2 N–H and O–H groups in total. The average Bonchev–Trinajstić information content (AvgIpc) is 2.95. The van der Waals surface area contributed by atoms with E-state index in [-0.39, 0.29) is 11.5 Å². The lowest BCUT2D eigenvalue weighted by atomic mass is 10.1. The van der Waals surface area contributed by atoms with E-state index < -0.39 is 17.6 Å². The van der Waals surface area contributed by atoms with E-state index in [1.54, 1.807) is 43.3 Å². The first-order chi connectivity index (χ1) is 12.5. The third-order valence-corrected chi connectivity index (χ3v) is 4.90. The molecule has 26 heavy (non-hydrogen) atoms. The van der Waals surface area contributed by atoms with Crippen LogP contribution in [-0.4, -0.2) is 17.6 Å². The fourth-order valence-electron chi connectivity index (χ4n) is 2.33. The molecule has 0 atom stereocenters. The van der Waals surface area contributed by atoms with Crippen LogP contribution in [0.4, 0.5) is 4.39 Å². The van der Waals surface area contributed by atoms with Gasteiger partial charge in [-0.1, -0.05) is 23.7 Å². The number of furan rings is 1. The van der Waals surface area contributed by atoms with Crippen LogP contribution in [-0.2, 0) is 4.79 Å². The lowest BCUT2D eigenvalue weighted by molar-refractivity contribution is -0.119. The SMILES string of the molecule is Cc1c(C(=O)NNC(=O)CSc2ccccc2F)oc2ccc(Cl)cc12. The molecule has 0 bridgehead atoms. The zero-order valence-electron chi connectivity index (χ0n) is 13.6. The maximum absolute atomic E-state index is 13.5. The predicted molar refractivity (Wildman–Crippen MR) is 98.7 cm³/mol. The second kappa shape index (κ2) is 7.80. The van der Waals surface area contributed by atoms with Gasteiger partial charge in [0.05, 0.1) is 5.75 Å². The molecule has 0 aliphatic rings.